The summed E-state index contributed by atoms with van der Waals surface area (Å²) in [7, 11) is 0.368. The van der Waals surface area contributed by atoms with Crippen molar-refractivity contribution in [2.45, 2.75) is 32.3 Å². The van der Waals surface area contributed by atoms with E-state index in [0.29, 0.717) is 0 Å². The van der Waals surface area contributed by atoms with Gasteiger partial charge in [-0.1, -0.05) is 38.1 Å². The Labute approximate surface area is 137 Å². The number of benzene rings is 2. The van der Waals surface area contributed by atoms with Gasteiger partial charge in [-0.05, 0) is 41.3 Å². The second kappa shape index (κ2) is 9.04. The third-order valence-electron chi connectivity index (χ3n) is 4.11. The molecule has 2 N–H and O–H groups in total. The lowest BCUT2D eigenvalue weighted by atomic mass is 9.85. The van der Waals surface area contributed by atoms with E-state index in [1.807, 2.05) is 6.07 Å². The molecule has 23 heavy (non-hydrogen) atoms. The van der Waals surface area contributed by atoms with E-state index < -0.39 is 8.25 Å². The van der Waals surface area contributed by atoms with Crippen molar-refractivity contribution in [1.29, 1.82) is 0 Å². The van der Waals surface area contributed by atoms with Gasteiger partial charge in [-0.15, -0.1) is 0 Å². The Morgan fingerprint density at radius 1 is 1.09 bits per heavy atom. The maximum Gasteiger partial charge on any atom is 0.314 e. The molecule has 6 heteroatoms. The summed E-state index contributed by atoms with van der Waals surface area (Å²) in [6.07, 6.45) is 1.93. The minimum absolute atomic E-state index is 0.200. The number of hydrogen-bond acceptors (Lipinski definition) is 3. The first-order valence-corrected chi connectivity index (χ1v) is 8.78. The van der Waals surface area contributed by atoms with Gasteiger partial charge in [0.05, 0.1) is 12.7 Å². The Bertz CT molecular complexity index is 640. The molecule has 0 aliphatic rings. The first-order valence-electron chi connectivity index (χ1n) is 7.48. The number of ether oxygens (including phenoxy) is 2. The molecule has 0 heterocycles. The Morgan fingerprint density at radius 3 is 2.17 bits per heavy atom. The fraction of sp³-hybridized carbons (Fsp3) is 0.412. The van der Waals surface area contributed by atoms with Gasteiger partial charge in [0.2, 0.25) is 0 Å². The van der Waals surface area contributed by atoms with Crippen LogP contribution in [0.15, 0.2) is 36.4 Å². The SMILES string of the molecule is CCC(CC)(OC)c1cccc2cc(OC)ccc12.O=[PH](O)O. The van der Waals surface area contributed by atoms with Gasteiger partial charge in [0.1, 0.15) is 5.75 Å². The van der Waals surface area contributed by atoms with Crippen molar-refractivity contribution in [3.05, 3.63) is 42.0 Å². The van der Waals surface area contributed by atoms with Crippen molar-refractivity contribution < 1.29 is 23.8 Å². The Balaban J connectivity index is 0.000000593. The first-order chi connectivity index (χ1) is 10.9. The van der Waals surface area contributed by atoms with Crippen LogP contribution in [0.4, 0.5) is 0 Å². The van der Waals surface area contributed by atoms with Gasteiger partial charge in [-0.25, -0.2) is 0 Å². The molecule has 0 aliphatic heterocycles. The van der Waals surface area contributed by atoms with Crippen molar-refractivity contribution in [2.75, 3.05) is 14.2 Å². The van der Waals surface area contributed by atoms with Crippen molar-refractivity contribution >= 4 is 19.0 Å². The van der Waals surface area contributed by atoms with Crippen molar-refractivity contribution in [3.8, 4) is 5.75 Å². The van der Waals surface area contributed by atoms with Crippen LogP contribution in [0.5, 0.6) is 5.75 Å². The average molecular weight is 340 g/mol. The largest absolute Gasteiger partial charge is 0.497 e. The third-order valence-corrected chi connectivity index (χ3v) is 4.11. The quantitative estimate of drug-likeness (QED) is 0.808. The van der Waals surface area contributed by atoms with Gasteiger partial charge in [0.15, 0.2) is 0 Å². The van der Waals surface area contributed by atoms with Crippen LogP contribution in [0.1, 0.15) is 32.3 Å². The predicted molar refractivity (Wildman–Crippen MR) is 93.2 cm³/mol. The highest BCUT2D eigenvalue weighted by atomic mass is 31.1. The number of hydrogen-bond donors (Lipinski definition) is 2. The smallest absolute Gasteiger partial charge is 0.314 e. The van der Waals surface area contributed by atoms with Crippen LogP contribution in [-0.2, 0) is 14.9 Å². The van der Waals surface area contributed by atoms with E-state index in [9.17, 15) is 0 Å². The summed E-state index contributed by atoms with van der Waals surface area (Å²) in [6.45, 7) is 4.35. The van der Waals surface area contributed by atoms with Crippen molar-refractivity contribution in [2.24, 2.45) is 0 Å². The summed E-state index contributed by atoms with van der Waals surface area (Å²) < 4.78 is 19.9. The van der Waals surface area contributed by atoms with E-state index in [-0.39, 0.29) is 5.60 Å². The molecule has 2 rings (SSSR count). The van der Waals surface area contributed by atoms with Gasteiger partial charge < -0.3 is 19.3 Å². The molecule has 0 bridgehead atoms. The van der Waals surface area contributed by atoms with E-state index in [0.717, 1.165) is 18.6 Å². The molecule has 0 amide bonds. The van der Waals surface area contributed by atoms with Crippen LogP contribution in [0.3, 0.4) is 0 Å². The van der Waals surface area contributed by atoms with E-state index in [1.165, 1.54) is 16.3 Å². The Morgan fingerprint density at radius 2 is 1.70 bits per heavy atom. The Kier molecular flexibility index (Phi) is 7.73. The fourth-order valence-corrected chi connectivity index (χ4v) is 2.82. The van der Waals surface area contributed by atoms with Crippen molar-refractivity contribution in [3.63, 3.8) is 0 Å². The van der Waals surface area contributed by atoms with Gasteiger partial charge in [-0.2, -0.15) is 0 Å². The number of methoxy groups -OCH3 is 2. The molecule has 0 atom stereocenters. The van der Waals surface area contributed by atoms with Gasteiger partial charge >= 0.3 is 8.25 Å². The molecule has 0 unspecified atom stereocenters. The third kappa shape index (κ3) is 4.79. The molecule has 0 aromatic heterocycles. The van der Waals surface area contributed by atoms with Crippen molar-refractivity contribution in [1.82, 2.24) is 0 Å². The lowest BCUT2D eigenvalue weighted by Gasteiger charge is -2.32. The van der Waals surface area contributed by atoms with E-state index in [4.69, 9.17) is 23.8 Å². The van der Waals surface area contributed by atoms with Crippen LogP contribution in [0.25, 0.3) is 10.8 Å². The molecule has 0 fully saturated rings. The monoisotopic (exact) mass is 340 g/mol. The molecule has 0 aliphatic carbocycles. The van der Waals surface area contributed by atoms with Gasteiger partial charge in [0.25, 0.3) is 0 Å². The van der Waals surface area contributed by atoms with E-state index in [2.05, 4.69) is 44.2 Å². The normalized spacial score (nSPS) is 11.3. The molecule has 5 nitrogen and oxygen atoms in total. The van der Waals surface area contributed by atoms with Crippen LogP contribution in [-0.4, -0.2) is 24.0 Å². The summed E-state index contributed by atoms with van der Waals surface area (Å²) in [5.41, 5.74) is 1.06. The van der Waals surface area contributed by atoms with Crippen LogP contribution in [0, 0.1) is 0 Å². The molecule has 0 radical (unpaired) electrons. The Hall–Kier alpha value is -1.39. The maximum atomic E-state index is 8.74. The predicted octanol–water partition coefficient (Wildman–Crippen LogP) is 3.87. The summed E-state index contributed by atoms with van der Waals surface area (Å²) >= 11 is 0. The maximum absolute atomic E-state index is 8.74. The summed E-state index contributed by atoms with van der Waals surface area (Å²) in [6, 6.07) is 12.6. The van der Waals surface area contributed by atoms with Gasteiger partial charge in [0, 0.05) is 7.11 Å². The minimum Gasteiger partial charge on any atom is -0.497 e. The standard InChI is InChI=1S/C17H22O2.H3O3P/c1-5-17(6-2,19-4)16-9-7-8-13-12-14(18-3)10-11-15(13)16;1-4(2)3/h7-12H,5-6H2,1-4H3;4H,(H2,1,2,3). The summed E-state index contributed by atoms with van der Waals surface area (Å²) in [4.78, 5) is 14.3. The topological polar surface area (TPSA) is 76.0 Å². The molecule has 0 saturated heterocycles. The molecule has 0 saturated carbocycles. The van der Waals surface area contributed by atoms with E-state index in [1.54, 1.807) is 14.2 Å². The summed E-state index contributed by atoms with van der Waals surface area (Å²) in [5, 5.41) is 2.44. The second-order valence-corrected chi connectivity index (χ2v) is 5.65. The van der Waals surface area contributed by atoms with E-state index >= 15 is 0 Å². The highest BCUT2D eigenvalue weighted by molar-refractivity contribution is 7.30. The molecule has 2 aromatic rings. The molecular formula is C17H25O5P. The highest BCUT2D eigenvalue weighted by Gasteiger charge is 2.29. The molecule has 2 aromatic carbocycles. The first kappa shape index (κ1) is 19.7. The number of rotatable bonds is 5. The van der Waals surface area contributed by atoms with Crippen LogP contribution < -0.4 is 4.74 Å². The zero-order valence-corrected chi connectivity index (χ0v) is 15.0. The van der Waals surface area contributed by atoms with Gasteiger partial charge in [-0.3, -0.25) is 4.57 Å². The molecular weight excluding hydrogens is 315 g/mol. The zero-order valence-electron chi connectivity index (χ0n) is 14.0. The lowest BCUT2D eigenvalue weighted by Crippen LogP contribution is -2.26. The lowest BCUT2D eigenvalue weighted by molar-refractivity contribution is -0.0205. The fourth-order valence-electron chi connectivity index (χ4n) is 2.82. The number of fused-ring (bicyclic) bond motifs is 1. The minimum atomic E-state index is -3.13. The molecule has 0 spiro atoms. The average Bonchev–Trinajstić information content (AvgIpc) is 2.56. The summed E-state index contributed by atoms with van der Waals surface area (Å²) in [5.74, 6) is 0.890. The highest BCUT2D eigenvalue weighted by Crippen LogP contribution is 2.37. The van der Waals surface area contributed by atoms with Crippen LogP contribution >= 0.6 is 8.25 Å². The zero-order chi connectivity index (χ0) is 17.5. The van der Waals surface area contributed by atoms with Crippen LogP contribution in [0.2, 0.25) is 0 Å². The molecule has 128 valence electrons. The second-order valence-electron chi connectivity index (χ2n) is 5.08.